The number of aromatic nitrogens is 4. The number of benzene rings is 1. The highest BCUT2D eigenvalue weighted by atomic mass is 19.1. The summed E-state index contributed by atoms with van der Waals surface area (Å²) in [6.07, 6.45) is 2.38. The fourth-order valence-corrected chi connectivity index (χ4v) is 4.01. The van der Waals surface area contributed by atoms with Gasteiger partial charge in [0.05, 0.1) is 17.2 Å². The summed E-state index contributed by atoms with van der Waals surface area (Å²) in [5.74, 6) is -0.206. The second kappa shape index (κ2) is 7.38. The van der Waals surface area contributed by atoms with E-state index in [1.54, 1.807) is 23.1 Å². The lowest BCUT2D eigenvalue weighted by molar-refractivity contribution is 0.0686. The van der Waals surface area contributed by atoms with E-state index in [9.17, 15) is 18.8 Å². The van der Waals surface area contributed by atoms with Crippen molar-refractivity contribution in [3.05, 3.63) is 75.0 Å². The lowest BCUT2D eigenvalue weighted by atomic mass is 10.0. The number of furan rings is 1. The first kappa shape index (κ1) is 19.0. The highest BCUT2D eigenvalue weighted by Crippen LogP contribution is 2.23. The van der Waals surface area contributed by atoms with Gasteiger partial charge in [0.25, 0.3) is 11.5 Å². The molecule has 0 unspecified atom stereocenters. The Labute approximate surface area is 174 Å². The van der Waals surface area contributed by atoms with Crippen LogP contribution in [0.3, 0.4) is 0 Å². The third-order valence-electron chi connectivity index (χ3n) is 5.59. The Morgan fingerprint density at radius 3 is 2.71 bits per heavy atom. The van der Waals surface area contributed by atoms with Gasteiger partial charge in [-0.25, -0.2) is 9.18 Å². The van der Waals surface area contributed by atoms with Crippen LogP contribution in [0.25, 0.3) is 22.4 Å². The predicted octanol–water partition coefficient (Wildman–Crippen LogP) is 2.29. The maximum Gasteiger partial charge on any atom is 0.329 e. The summed E-state index contributed by atoms with van der Waals surface area (Å²) in [4.78, 5) is 42.4. The van der Waals surface area contributed by atoms with Crippen LogP contribution in [0.5, 0.6) is 0 Å². The Balaban J connectivity index is 1.34. The van der Waals surface area contributed by atoms with E-state index in [4.69, 9.17) is 4.42 Å². The van der Waals surface area contributed by atoms with Crippen LogP contribution in [-0.2, 0) is 0 Å². The highest BCUT2D eigenvalue weighted by Gasteiger charge is 2.28. The summed E-state index contributed by atoms with van der Waals surface area (Å²) in [5.41, 5.74) is 0.0969. The number of carbonyl (C=O) groups excluding carboxylic acids is 1. The summed E-state index contributed by atoms with van der Waals surface area (Å²) >= 11 is 0. The van der Waals surface area contributed by atoms with E-state index in [-0.39, 0.29) is 23.0 Å². The average Bonchev–Trinajstić information content (AvgIpc) is 3.46. The number of nitrogens with one attached hydrogen (secondary N) is 2. The number of carbonyl (C=O) groups is 1. The van der Waals surface area contributed by atoms with E-state index in [1.165, 1.54) is 18.4 Å². The quantitative estimate of drug-likeness (QED) is 0.524. The number of nitrogens with zero attached hydrogens (tertiary/aromatic N) is 3. The molecule has 5 rings (SSSR count). The van der Waals surface area contributed by atoms with Gasteiger partial charge >= 0.3 is 5.69 Å². The number of rotatable bonds is 3. The Morgan fingerprint density at radius 1 is 1.16 bits per heavy atom. The number of hydrogen-bond acceptors (Lipinski definition) is 5. The number of piperidine rings is 1. The van der Waals surface area contributed by atoms with E-state index in [0.29, 0.717) is 42.9 Å². The van der Waals surface area contributed by atoms with Crippen LogP contribution in [0, 0.1) is 5.82 Å². The molecule has 3 aromatic heterocycles. The molecule has 0 aliphatic carbocycles. The topological polar surface area (TPSA) is 117 Å². The highest BCUT2D eigenvalue weighted by molar-refractivity contribution is 5.93. The third-order valence-corrected chi connectivity index (χ3v) is 5.59. The number of halogens is 1. The molecule has 4 aromatic rings. The van der Waals surface area contributed by atoms with Crippen LogP contribution in [-0.4, -0.2) is 43.6 Å². The smallest absolute Gasteiger partial charge is 0.329 e. The average molecular weight is 423 g/mol. The predicted molar refractivity (Wildman–Crippen MR) is 109 cm³/mol. The van der Waals surface area contributed by atoms with Crippen LogP contribution < -0.4 is 11.2 Å². The molecule has 1 amide bonds. The first-order valence-electron chi connectivity index (χ1n) is 9.84. The van der Waals surface area contributed by atoms with E-state index in [0.717, 1.165) is 10.6 Å². The van der Waals surface area contributed by atoms with E-state index in [1.807, 2.05) is 0 Å². The molecule has 1 aromatic carbocycles. The van der Waals surface area contributed by atoms with Crippen molar-refractivity contribution in [3.63, 3.8) is 0 Å². The summed E-state index contributed by atoms with van der Waals surface area (Å²) in [6, 6.07) is 8.44. The molecule has 0 saturated carbocycles. The largest absolute Gasteiger partial charge is 0.463 e. The first-order valence-corrected chi connectivity index (χ1v) is 9.84. The molecule has 1 aliphatic rings. The van der Waals surface area contributed by atoms with Gasteiger partial charge in [-0.15, -0.1) is 0 Å². The zero-order chi connectivity index (χ0) is 21.5. The van der Waals surface area contributed by atoms with Gasteiger partial charge in [-0.2, -0.15) is 5.10 Å². The lowest BCUT2D eigenvalue weighted by Crippen LogP contribution is -2.45. The van der Waals surface area contributed by atoms with Gasteiger partial charge in [0.2, 0.25) is 0 Å². The molecular weight excluding hydrogens is 405 g/mol. The molecular formula is C21H18FN5O4. The van der Waals surface area contributed by atoms with Crippen molar-refractivity contribution in [1.82, 2.24) is 24.6 Å². The Kier molecular flexibility index (Phi) is 4.54. The zero-order valence-electron chi connectivity index (χ0n) is 16.3. The number of amides is 1. The normalized spacial score (nSPS) is 14.9. The minimum atomic E-state index is -0.545. The van der Waals surface area contributed by atoms with Gasteiger partial charge < -0.3 is 14.3 Å². The van der Waals surface area contributed by atoms with E-state index in [2.05, 4.69) is 15.2 Å². The maximum absolute atomic E-state index is 13.6. The molecule has 31 heavy (non-hydrogen) atoms. The van der Waals surface area contributed by atoms with Crippen LogP contribution in [0.1, 0.15) is 29.4 Å². The van der Waals surface area contributed by atoms with Crippen LogP contribution in [0.2, 0.25) is 0 Å². The first-order chi connectivity index (χ1) is 15.0. The number of hydrogen-bond donors (Lipinski definition) is 2. The van der Waals surface area contributed by atoms with Crippen molar-refractivity contribution in [2.75, 3.05) is 13.1 Å². The second-order valence-electron chi connectivity index (χ2n) is 7.46. The molecule has 9 nitrogen and oxygen atoms in total. The molecule has 1 fully saturated rings. The van der Waals surface area contributed by atoms with Gasteiger partial charge in [0, 0.05) is 25.2 Å². The van der Waals surface area contributed by atoms with Crippen LogP contribution in [0.4, 0.5) is 4.39 Å². The van der Waals surface area contributed by atoms with Crippen molar-refractivity contribution in [2.45, 2.75) is 18.9 Å². The van der Waals surface area contributed by atoms with Crippen molar-refractivity contribution in [3.8, 4) is 11.5 Å². The van der Waals surface area contributed by atoms with Crippen molar-refractivity contribution < 1.29 is 13.6 Å². The minimum absolute atomic E-state index is 0.125. The molecule has 1 saturated heterocycles. The van der Waals surface area contributed by atoms with Crippen molar-refractivity contribution >= 4 is 16.8 Å². The molecule has 0 spiro atoms. The number of likely N-dealkylation sites (tertiary alicyclic amines) is 1. The van der Waals surface area contributed by atoms with Crippen molar-refractivity contribution in [2.24, 2.45) is 0 Å². The van der Waals surface area contributed by atoms with Gasteiger partial charge in [0.1, 0.15) is 11.5 Å². The van der Waals surface area contributed by atoms with Crippen LogP contribution >= 0.6 is 0 Å². The van der Waals surface area contributed by atoms with E-state index >= 15 is 0 Å². The second-order valence-corrected chi connectivity index (χ2v) is 7.46. The van der Waals surface area contributed by atoms with Crippen molar-refractivity contribution in [1.29, 1.82) is 0 Å². The summed E-state index contributed by atoms with van der Waals surface area (Å²) in [6.45, 7) is 0.721. The Morgan fingerprint density at radius 2 is 1.97 bits per heavy atom. The number of fused-ring (bicyclic) bond motifs is 1. The number of H-pyrrole nitrogens is 2. The SMILES string of the molecule is O=C(c1cc(-c2ccco2)[nH]n1)N1CCC(n2c(=O)[nH]c3ccc(F)cc3c2=O)CC1. The van der Waals surface area contributed by atoms with Gasteiger partial charge in [-0.1, -0.05) is 0 Å². The molecule has 1 aliphatic heterocycles. The summed E-state index contributed by atoms with van der Waals surface area (Å²) in [7, 11) is 0. The molecule has 4 heterocycles. The molecule has 10 heteroatoms. The van der Waals surface area contributed by atoms with Crippen LogP contribution in [0.15, 0.2) is 56.7 Å². The Hall–Kier alpha value is -3.95. The molecule has 0 atom stereocenters. The molecule has 0 radical (unpaired) electrons. The van der Waals surface area contributed by atoms with Gasteiger partial charge in [-0.05, 0) is 43.2 Å². The van der Waals surface area contributed by atoms with E-state index < -0.39 is 17.1 Å². The number of aromatic amines is 2. The molecule has 2 N–H and O–H groups in total. The fourth-order valence-electron chi connectivity index (χ4n) is 4.01. The Bertz CT molecular complexity index is 1380. The summed E-state index contributed by atoms with van der Waals surface area (Å²) < 4.78 is 20.0. The van der Waals surface area contributed by atoms with Gasteiger partial charge in [-0.3, -0.25) is 19.3 Å². The zero-order valence-corrected chi connectivity index (χ0v) is 16.3. The monoisotopic (exact) mass is 423 g/mol. The molecule has 158 valence electrons. The van der Waals surface area contributed by atoms with Gasteiger partial charge in [0.15, 0.2) is 11.5 Å². The lowest BCUT2D eigenvalue weighted by Gasteiger charge is -2.32. The standard InChI is InChI=1S/C21H18FN5O4/c22-12-3-4-15-14(10-12)19(28)27(21(30)23-15)13-5-7-26(8-6-13)20(29)17-11-16(24-25-17)18-2-1-9-31-18/h1-4,9-11,13H,5-8H2,(H,23,30)(H,24,25). The maximum atomic E-state index is 13.6. The third kappa shape index (κ3) is 3.35. The summed E-state index contributed by atoms with van der Waals surface area (Å²) in [5, 5.41) is 6.98. The minimum Gasteiger partial charge on any atom is -0.463 e. The fraction of sp³-hybridized carbons (Fsp3) is 0.238. The molecule has 0 bridgehead atoms.